The quantitative estimate of drug-likeness (QED) is 0.331. The molecule has 0 bridgehead atoms. The van der Waals surface area contributed by atoms with E-state index in [4.69, 9.17) is 27.9 Å². The van der Waals surface area contributed by atoms with E-state index in [2.05, 4.69) is 15.4 Å². The Kier molecular flexibility index (Phi) is 6.67. The molecule has 2 aromatic heterocycles. The molecule has 176 valence electrons. The molecule has 11 heteroatoms. The van der Waals surface area contributed by atoms with Crippen LogP contribution in [0.3, 0.4) is 0 Å². The normalized spacial score (nSPS) is 11.6. The van der Waals surface area contributed by atoms with Crippen molar-refractivity contribution in [2.75, 3.05) is 13.2 Å². The minimum atomic E-state index is -4.64. The van der Waals surface area contributed by atoms with Crippen LogP contribution in [0.4, 0.5) is 13.2 Å². The first-order valence-electron chi connectivity index (χ1n) is 10.0. The zero-order chi connectivity index (χ0) is 24.5. The maximum absolute atomic E-state index is 13.8. The van der Waals surface area contributed by atoms with E-state index in [0.717, 1.165) is 6.07 Å². The van der Waals surface area contributed by atoms with Crippen LogP contribution < -0.4 is 10.1 Å². The van der Waals surface area contributed by atoms with E-state index in [0.29, 0.717) is 10.7 Å². The number of benzene rings is 2. The summed E-state index contributed by atoms with van der Waals surface area (Å²) in [4.78, 5) is 16.6. The van der Waals surface area contributed by atoms with Gasteiger partial charge in [-0.05, 0) is 37.3 Å². The summed E-state index contributed by atoms with van der Waals surface area (Å²) < 4.78 is 48.3. The van der Waals surface area contributed by atoms with Crippen molar-refractivity contribution in [1.82, 2.24) is 20.1 Å². The van der Waals surface area contributed by atoms with Crippen LogP contribution in [0.1, 0.15) is 21.6 Å². The molecular weight excluding hydrogens is 492 g/mol. The molecule has 1 N–H and O–H groups in total. The molecule has 2 aromatic carbocycles. The number of ether oxygens (including phenoxy) is 1. The number of halogens is 5. The van der Waals surface area contributed by atoms with Crippen molar-refractivity contribution in [2.24, 2.45) is 0 Å². The fourth-order valence-electron chi connectivity index (χ4n) is 3.40. The molecule has 4 rings (SSSR count). The number of nitrogens with zero attached hydrogens (tertiary/aromatic N) is 3. The van der Waals surface area contributed by atoms with Crippen molar-refractivity contribution >= 4 is 40.1 Å². The molecule has 2 heterocycles. The van der Waals surface area contributed by atoms with Crippen molar-refractivity contribution in [1.29, 1.82) is 0 Å². The predicted octanol–water partition coefficient (Wildman–Crippen LogP) is 5.86. The zero-order valence-corrected chi connectivity index (χ0v) is 19.2. The molecule has 4 aromatic rings. The summed E-state index contributed by atoms with van der Waals surface area (Å²) in [6.45, 7) is 1.39. The Bertz CT molecular complexity index is 1360. The van der Waals surface area contributed by atoms with Crippen LogP contribution in [-0.4, -0.2) is 33.8 Å². The maximum Gasteiger partial charge on any atom is 0.417 e. The lowest BCUT2D eigenvalue weighted by Crippen LogP contribution is -2.28. The number of rotatable bonds is 6. The number of amides is 1. The summed E-state index contributed by atoms with van der Waals surface area (Å²) in [5.41, 5.74) is 0.0877. The summed E-state index contributed by atoms with van der Waals surface area (Å²) in [5.74, 6) is -0.710. The minimum absolute atomic E-state index is 0.00975. The van der Waals surface area contributed by atoms with E-state index in [1.165, 1.54) is 29.8 Å². The Labute approximate surface area is 202 Å². The molecule has 0 unspecified atom stereocenters. The molecule has 0 fully saturated rings. The summed E-state index contributed by atoms with van der Waals surface area (Å²) >= 11 is 11.8. The molecule has 0 aliphatic carbocycles. The van der Waals surface area contributed by atoms with Gasteiger partial charge in [0, 0.05) is 11.1 Å². The van der Waals surface area contributed by atoms with Crippen molar-refractivity contribution in [3.63, 3.8) is 0 Å². The molecule has 0 radical (unpaired) electrons. The SMILES string of the molecule is Cc1nn(-c2ccccc2)c2nc(OCCNC(=O)c3ccc(Cl)cc3Cl)cc(C(F)(F)F)c12. The molecule has 1 amide bonds. The van der Waals surface area contributed by atoms with Crippen LogP contribution >= 0.6 is 23.2 Å². The van der Waals surface area contributed by atoms with Gasteiger partial charge in [0.1, 0.15) is 6.61 Å². The average Bonchev–Trinajstić information content (AvgIpc) is 3.12. The second-order valence-corrected chi connectivity index (χ2v) is 8.11. The van der Waals surface area contributed by atoms with Gasteiger partial charge < -0.3 is 10.1 Å². The topological polar surface area (TPSA) is 69.0 Å². The smallest absolute Gasteiger partial charge is 0.417 e. The van der Waals surface area contributed by atoms with Gasteiger partial charge in [-0.2, -0.15) is 23.3 Å². The van der Waals surface area contributed by atoms with Crippen LogP contribution in [0.15, 0.2) is 54.6 Å². The Balaban J connectivity index is 1.57. The number of carbonyl (C=O) groups is 1. The van der Waals surface area contributed by atoms with Gasteiger partial charge in [0.15, 0.2) is 5.65 Å². The Morgan fingerprint density at radius 3 is 2.53 bits per heavy atom. The zero-order valence-electron chi connectivity index (χ0n) is 17.7. The third-order valence-electron chi connectivity index (χ3n) is 4.91. The van der Waals surface area contributed by atoms with Crippen LogP contribution in [0.25, 0.3) is 16.7 Å². The molecule has 0 aliphatic heterocycles. The number of hydrogen-bond acceptors (Lipinski definition) is 4. The van der Waals surface area contributed by atoms with Gasteiger partial charge in [0.25, 0.3) is 5.91 Å². The lowest BCUT2D eigenvalue weighted by molar-refractivity contribution is -0.136. The van der Waals surface area contributed by atoms with Crippen LogP contribution in [0, 0.1) is 6.92 Å². The van der Waals surface area contributed by atoms with Gasteiger partial charge in [0.05, 0.1) is 39.5 Å². The van der Waals surface area contributed by atoms with Gasteiger partial charge in [0.2, 0.25) is 5.88 Å². The predicted molar refractivity (Wildman–Crippen MR) is 123 cm³/mol. The molecule has 0 saturated carbocycles. The van der Waals surface area contributed by atoms with Gasteiger partial charge in [-0.3, -0.25) is 4.79 Å². The van der Waals surface area contributed by atoms with E-state index in [-0.39, 0.29) is 46.3 Å². The van der Waals surface area contributed by atoms with Crippen molar-refractivity contribution < 1.29 is 22.7 Å². The standard InChI is InChI=1S/C23H17Cl2F3N4O2/c1-13-20-17(23(26,27)28)12-19(30-21(20)32(31-13)15-5-3-2-4-6-15)34-10-9-29-22(33)16-8-7-14(24)11-18(16)25/h2-8,11-12H,9-10H2,1H3,(H,29,33). The summed E-state index contributed by atoms with van der Waals surface area (Å²) in [7, 11) is 0. The second-order valence-electron chi connectivity index (χ2n) is 7.27. The number of fused-ring (bicyclic) bond motifs is 1. The fourth-order valence-corrected chi connectivity index (χ4v) is 3.90. The van der Waals surface area contributed by atoms with E-state index in [1.54, 1.807) is 30.3 Å². The number of aryl methyl sites for hydroxylation is 1. The van der Waals surface area contributed by atoms with E-state index in [1.807, 2.05) is 0 Å². The minimum Gasteiger partial charge on any atom is -0.476 e. The molecule has 34 heavy (non-hydrogen) atoms. The highest BCUT2D eigenvalue weighted by atomic mass is 35.5. The Morgan fingerprint density at radius 1 is 1.12 bits per heavy atom. The molecular formula is C23H17Cl2F3N4O2. The molecule has 0 spiro atoms. The lowest BCUT2D eigenvalue weighted by Gasteiger charge is -2.13. The van der Waals surface area contributed by atoms with Crippen molar-refractivity contribution in [3.8, 4) is 11.6 Å². The van der Waals surface area contributed by atoms with Gasteiger partial charge >= 0.3 is 6.18 Å². The number of carbonyl (C=O) groups excluding carboxylic acids is 1. The highest BCUT2D eigenvalue weighted by molar-refractivity contribution is 6.36. The largest absolute Gasteiger partial charge is 0.476 e. The average molecular weight is 509 g/mol. The number of nitrogens with one attached hydrogen (secondary N) is 1. The summed E-state index contributed by atoms with van der Waals surface area (Å²) in [6.07, 6.45) is -4.64. The van der Waals surface area contributed by atoms with Crippen molar-refractivity contribution in [2.45, 2.75) is 13.1 Å². The Morgan fingerprint density at radius 2 is 1.85 bits per heavy atom. The maximum atomic E-state index is 13.8. The van der Waals surface area contributed by atoms with Crippen molar-refractivity contribution in [3.05, 3.63) is 81.5 Å². The third-order valence-corrected chi connectivity index (χ3v) is 5.46. The van der Waals surface area contributed by atoms with Crippen LogP contribution in [0.2, 0.25) is 10.0 Å². The fraction of sp³-hybridized carbons (Fsp3) is 0.174. The van der Waals surface area contributed by atoms with Crippen LogP contribution in [-0.2, 0) is 6.18 Å². The Hall–Kier alpha value is -3.30. The number of aromatic nitrogens is 3. The number of pyridine rings is 1. The molecule has 6 nitrogen and oxygen atoms in total. The first-order valence-corrected chi connectivity index (χ1v) is 10.8. The van der Waals surface area contributed by atoms with Gasteiger partial charge in [-0.15, -0.1) is 0 Å². The number of hydrogen-bond donors (Lipinski definition) is 1. The van der Waals surface area contributed by atoms with Crippen LogP contribution in [0.5, 0.6) is 5.88 Å². The monoisotopic (exact) mass is 508 g/mol. The number of alkyl halides is 3. The number of para-hydroxylation sites is 1. The molecule has 0 saturated heterocycles. The first kappa shape index (κ1) is 23.8. The lowest BCUT2D eigenvalue weighted by atomic mass is 10.1. The highest BCUT2D eigenvalue weighted by Crippen LogP contribution is 2.38. The molecule has 0 atom stereocenters. The summed E-state index contributed by atoms with van der Waals surface area (Å²) in [6, 6.07) is 14.0. The van der Waals surface area contributed by atoms with E-state index in [9.17, 15) is 18.0 Å². The summed E-state index contributed by atoms with van der Waals surface area (Å²) in [5, 5.41) is 7.32. The molecule has 0 aliphatic rings. The van der Waals surface area contributed by atoms with E-state index >= 15 is 0 Å². The second kappa shape index (κ2) is 9.52. The van der Waals surface area contributed by atoms with Gasteiger partial charge in [-0.25, -0.2) is 4.68 Å². The first-order chi connectivity index (χ1) is 16.1. The van der Waals surface area contributed by atoms with Gasteiger partial charge in [-0.1, -0.05) is 41.4 Å². The third kappa shape index (κ3) is 4.95. The van der Waals surface area contributed by atoms with E-state index < -0.39 is 17.6 Å². The highest BCUT2D eigenvalue weighted by Gasteiger charge is 2.36.